The van der Waals surface area contributed by atoms with Crippen molar-refractivity contribution in [2.24, 2.45) is 11.8 Å². The number of nitrogens with zero attached hydrogens (tertiary/aromatic N) is 3. The van der Waals surface area contributed by atoms with Gasteiger partial charge in [-0.05, 0) is 31.7 Å². The minimum atomic E-state index is -0.989. The van der Waals surface area contributed by atoms with Crippen molar-refractivity contribution in [3.63, 3.8) is 0 Å². The van der Waals surface area contributed by atoms with E-state index in [1.807, 2.05) is 37.3 Å². The first-order valence-electron chi connectivity index (χ1n) is 13.9. The maximum Gasteiger partial charge on any atom is 0.308 e. The van der Waals surface area contributed by atoms with E-state index in [2.05, 4.69) is 11.5 Å². The average Bonchev–Trinajstić information content (AvgIpc) is 3.51. The van der Waals surface area contributed by atoms with Crippen LogP contribution in [-0.2, 0) is 25.5 Å². The Labute approximate surface area is 234 Å². The molecule has 4 saturated heterocycles. The number of ether oxygens (including phenoxy) is 1. The average molecular weight is 558 g/mol. The number of hydrogen-bond acceptors (Lipinski definition) is 7. The molecular formula is C29H39N3O6S. The number of morpholine rings is 1. The Balaban J connectivity index is 1.51. The molecule has 0 aromatic heterocycles. The third kappa shape index (κ3) is 4.90. The number of aliphatic hydroxyl groups is 1. The first kappa shape index (κ1) is 28.1. The molecule has 5 rings (SSSR count). The number of carbonyl (C=O) groups excluding carboxylic acids is 2. The fraction of sp³-hybridized carbons (Fsp3) is 0.621. The fourth-order valence-electron chi connectivity index (χ4n) is 7.26. The van der Waals surface area contributed by atoms with Gasteiger partial charge in [-0.25, -0.2) is 0 Å². The molecule has 0 aliphatic carbocycles. The van der Waals surface area contributed by atoms with Crippen LogP contribution in [0.25, 0.3) is 0 Å². The summed E-state index contributed by atoms with van der Waals surface area (Å²) in [6.45, 7) is 9.88. The SMILES string of the molecule is C=CCN(CCN1CCOCC1)C(=O)C1N([C@@H](CO)Cc2ccccc2)C(=O)[C@@H]2[C@@H](C(=O)O)[C@@]3(C)CCC12S3. The fourth-order valence-corrected chi connectivity index (χ4v) is 9.59. The number of carbonyl (C=O) groups is 3. The summed E-state index contributed by atoms with van der Waals surface area (Å²) in [7, 11) is 0. The van der Waals surface area contributed by atoms with E-state index in [1.165, 1.54) is 11.8 Å². The topological polar surface area (TPSA) is 111 Å². The van der Waals surface area contributed by atoms with Crippen molar-refractivity contribution in [3.05, 3.63) is 48.6 Å². The number of likely N-dealkylation sites (tertiary alicyclic amines) is 1. The Hall–Kier alpha value is -2.40. The quantitative estimate of drug-likeness (QED) is 0.394. The van der Waals surface area contributed by atoms with Crippen molar-refractivity contribution in [1.82, 2.24) is 14.7 Å². The molecule has 1 spiro atoms. The second-order valence-corrected chi connectivity index (χ2v) is 13.3. The van der Waals surface area contributed by atoms with E-state index < -0.39 is 39.4 Å². The zero-order valence-corrected chi connectivity index (χ0v) is 23.4. The minimum absolute atomic E-state index is 0.187. The summed E-state index contributed by atoms with van der Waals surface area (Å²) < 4.78 is 4.01. The summed E-state index contributed by atoms with van der Waals surface area (Å²) in [6, 6.07) is 8.10. The number of thioether (sulfide) groups is 1. The molecule has 4 heterocycles. The summed E-state index contributed by atoms with van der Waals surface area (Å²) in [5, 5.41) is 20.8. The van der Waals surface area contributed by atoms with Crippen molar-refractivity contribution in [2.45, 2.75) is 47.8 Å². The number of aliphatic hydroxyl groups excluding tert-OH is 1. The van der Waals surface area contributed by atoms with E-state index in [9.17, 15) is 24.6 Å². The van der Waals surface area contributed by atoms with Gasteiger partial charge in [0.2, 0.25) is 11.8 Å². The standard InChI is InChI=1S/C29H39N3O6S/c1-3-11-31(13-12-30-14-16-38-17-15-30)26(35)24-29-10-9-28(2,39-29)23(27(36)37)22(29)25(34)32(24)21(19-33)18-20-7-5-4-6-8-20/h3-8,21-24,33H,1,9-19H2,2H3,(H,36,37)/t21-,22+,23+,24?,28-,29?/m1/s1. The van der Waals surface area contributed by atoms with Crippen molar-refractivity contribution >= 4 is 29.5 Å². The second kappa shape index (κ2) is 11.2. The van der Waals surface area contributed by atoms with E-state index >= 15 is 0 Å². The van der Waals surface area contributed by atoms with Gasteiger partial charge in [0.15, 0.2) is 0 Å². The maximum atomic E-state index is 14.5. The highest BCUT2D eigenvalue weighted by Crippen LogP contribution is 2.71. The predicted octanol–water partition coefficient (Wildman–Crippen LogP) is 1.50. The Morgan fingerprint density at radius 3 is 2.62 bits per heavy atom. The minimum Gasteiger partial charge on any atom is -0.481 e. The van der Waals surface area contributed by atoms with Gasteiger partial charge in [0.1, 0.15) is 6.04 Å². The van der Waals surface area contributed by atoms with E-state index in [0.29, 0.717) is 52.1 Å². The van der Waals surface area contributed by atoms with Gasteiger partial charge in [-0.15, -0.1) is 18.3 Å². The number of carboxylic acids is 1. The van der Waals surface area contributed by atoms with Crippen LogP contribution in [0.3, 0.4) is 0 Å². The molecular weight excluding hydrogens is 518 g/mol. The number of fused-ring (bicyclic) bond motifs is 1. The molecule has 2 amide bonds. The highest BCUT2D eigenvalue weighted by molar-refractivity contribution is 8.02. The summed E-state index contributed by atoms with van der Waals surface area (Å²) in [5.74, 6) is -3.17. The summed E-state index contributed by atoms with van der Waals surface area (Å²) >= 11 is 1.52. The van der Waals surface area contributed by atoms with Gasteiger partial charge in [-0.3, -0.25) is 19.3 Å². The highest BCUT2D eigenvalue weighted by atomic mass is 32.2. The Morgan fingerprint density at radius 2 is 1.97 bits per heavy atom. The molecule has 1 aromatic rings. The molecule has 4 aliphatic heterocycles. The van der Waals surface area contributed by atoms with Crippen LogP contribution in [0.4, 0.5) is 0 Å². The van der Waals surface area contributed by atoms with Crippen molar-refractivity contribution < 1.29 is 29.3 Å². The molecule has 9 nitrogen and oxygen atoms in total. The smallest absolute Gasteiger partial charge is 0.308 e. The van der Waals surface area contributed by atoms with Crippen LogP contribution in [0.1, 0.15) is 25.3 Å². The molecule has 2 bridgehead atoms. The maximum absolute atomic E-state index is 14.5. The molecule has 2 N–H and O–H groups in total. The van der Waals surface area contributed by atoms with Crippen LogP contribution >= 0.6 is 11.8 Å². The van der Waals surface area contributed by atoms with E-state index in [4.69, 9.17) is 4.74 Å². The number of aliphatic carboxylic acids is 1. The molecule has 4 fully saturated rings. The molecule has 4 aliphatic rings. The van der Waals surface area contributed by atoms with Crippen LogP contribution in [0, 0.1) is 11.8 Å². The summed E-state index contributed by atoms with van der Waals surface area (Å²) in [5.41, 5.74) is 0.944. The lowest BCUT2D eigenvalue weighted by Crippen LogP contribution is -2.58. The summed E-state index contributed by atoms with van der Waals surface area (Å²) in [4.78, 5) is 46.9. The van der Waals surface area contributed by atoms with Crippen LogP contribution in [0.2, 0.25) is 0 Å². The van der Waals surface area contributed by atoms with Crippen LogP contribution in [-0.4, -0.2) is 117 Å². The van der Waals surface area contributed by atoms with Crippen molar-refractivity contribution in [3.8, 4) is 0 Å². The van der Waals surface area contributed by atoms with Crippen LogP contribution in [0.15, 0.2) is 43.0 Å². The van der Waals surface area contributed by atoms with Gasteiger partial charge < -0.3 is 24.7 Å². The lowest BCUT2D eigenvalue weighted by atomic mass is 9.66. The number of rotatable bonds is 11. The molecule has 6 atom stereocenters. The lowest BCUT2D eigenvalue weighted by Gasteiger charge is -2.40. The van der Waals surface area contributed by atoms with Gasteiger partial charge in [-0.2, -0.15) is 0 Å². The van der Waals surface area contributed by atoms with Gasteiger partial charge in [-0.1, -0.05) is 36.4 Å². The molecule has 212 valence electrons. The van der Waals surface area contributed by atoms with E-state index in [-0.39, 0.29) is 18.4 Å². The zero-order chi connectivity index (χ0) is 27.8. The largest absolute Gasteiger partial charge is 0.481 e. The molecule has 0 saturated carbocycles. The summed E-state index contributed by atoms with van der Waals surface area (Å²) in [6.07, 6.45) is 3.30. The molecule has 39 heavy (non-hydrogen) atoms. The number of amides is 2. The van der Waals surface area contributed by atoms with Crippen molar-refractivity contribution in [2.75, 3.05) is 52.5 Å². The Morgan fingerprint density at radius 1 is 1.26 bits per heavy atom. The zero-order valence-electron chi connectivity index (χ0n) is 22.5. The second-order valence-electron chi connectivity index (χ2n) is 11.4. The van der Waals surface area contributed by atoms with E-state index in [1.54, 1.807) is 15.9 Å². The van der Waals surface area contributed by atoms with Gasteiger partial charge >= 0.3 is 5.97 Å². The monoisotopic (exact) mass is 557 g/mol. The van der Waals surface area contributed by atoms with Crippen LogP contribution in [0.5, 0.6) is 0 Å². The number of carboxylic acid groups (broad SMARTS) is 1. The molecule has 1 aromatic carbocycles. The molecule has 2 unspecified atom stereocenters. The van der Waals surface area contributed by atoms with Gasteiger partial charge in [0.05, 0.1) is 42.4 Å². The van der Waals surface area contributed by atoms with Gasteiger partial charge in [0, 0.05) is 37.5 Å². The molecule has 0 radical (unpaired) electrons. The predicted molar refractivity (Wildman–Crippen MR) is 148 cm³/mol. The normalized spacial score (nSPS) is 32.7. The first-order chi connectivity index (χ1) is 18.8. The van der Waals surface area contributed by atoms with Crippen LogP contribution < -0.4 is 0 Å². The van der Waals surface area contributed by atoms with Gasteiger partial charge in [0.25, 0.3) is 0 Å². The third-order valence-electron chi connectivity index (χ3n) is 9.08. The Bertz CT molecular complexity index is 1100. The first-order valence-corrected chi connectivity index (χ1v) is 14.7. The lowest BCUT2D eigenvalue weighted by molar-refractivity contribution is -0.151. The Kier molecular flexibility index (Phi) is 8.10. The third-order valence-corrected chi connectivity index (χ3v) is 11.1. The number of benzene rings is 1. The van der Waals surface area contributed by atoms with Crippen molar-refractivity contribution in [1.29, 1.82) is 0 Å². The number of hydrogen-bond donors (Lipinski definition) is 2. The highest BCUT2D eigenvalue weighted by Gasteiger charge is 2.78. The van der Waals surface area contributed by atoms with E-state index in [0.717, 1.165) is 18.7 Å². The molecule has 10 heteroatoms.